The van der Waals surface area contributed by atoms with Crippen LogP contribution in [0.4, 0.5) is 5.82 Å². The summed E-state index contributed by atoms with van der Waals surface area (Å²) in [5, 5.41) is 21.2. The van der Waals surface area contributed by atoms with E-state index < -0.39 is 0 Å². The molecule has 0 spiro atoms. The molecule has 0 radical (unpaired) electrons. The highest BCUT2D eigenvalue weighted by molar-refractivity contribution is 6.13. The molecule has 0 saturated heterocycles. The summed E-state index contributed by atoms with van der Waals surface area (Å²) in [6.07, 6.45) is 5.15. The predicted octanol–water partition coefficient (Wildman–Crippen LogP) is 3.39. The van der Waals surface area contributed by atoms with Crippen LogP contribution in [0.2, 0.25) is 0 Å². The van der Waals surface area contributed by atoms with Gasteiger partial charge in [0.1, 0.15) is 22.8 Å². The summed E-state index contributed by atoms with van der Waals surface area (Å²) in [6, 6.07) is 10.0. The fraction of sp³-hybridized carbons (Fsp3) is 0.231. The summed E-state index contributed by atoms with van der Waals surface area (Å²) < 4.78 is 2.01. The van der Waals surface area contributed by atoms with Crippen LogP contribution < -0.4 is 5.73 Å². The first kappa shape index (κ1) is 22.4. The Morgan fingerprint density at radius 1 is 0.971 bits per heavy atom. The number of anilines is 1. The number of imide groups is 1. The summed E-state index contributed by atoms with van der Waals surface area (Å²) in [5.41, 5.74) is 9.61. The molecule has 3 heterocycles. The van der Waals surface area contributed by atoms with Crippen molar-refractivity contribution >= 4 is 39.6 Å². The lowest BCUT2D eigenvalue weighted by atomic mass is 10.1. The number of phenolic OH excluding ortho intramolecular Hbond substituents is 2. The number of fused-ring (bicyclic) bond motifs is 3. The minimum atomic E-state index is -0.345. The van der Waals surface area contributed by atoms with E-state index in [0.717, 1.165) is 41.6 Å². The molecule has 4 N–H and O–H groups in total. The fourth-order valence-corrected chi connectivity index (χ4v) is 4.44. The molecule has 0 atom stereocenters. The molecular weight excluding hydrogens is 446 g/mol. The maximum atomic E-state index is 12.0. The third-order valence-corrected chi connectivity index (χ3v) is 6.23. The molecule has 1 aliphatic rings. The van der Waals surface area contributed by atoms with Gasteiger partial charge in [-0.05, 0) is 36.2 Å². The molecule has 178 valence electrons. The van der Waals surface area contributed by atoms with Crippen LogP contribution >= 0.6 is 0 Å². The minimum absolute atomic E-state index is 0.0634. The van der Waals surface area contributed by atoms with Gasteiger partial charge in [0.15, 0.2) is 5.82 Å². The predicted molar refractivity (Wildman–Crippen MR) is 132 cm³/mol. The van der Waals surface area contributed by atoms with Crippen LogP contribution in [0.1, 0.15) is 36.7 Å². The Hall–Kier alpha value is -4.40. The number of hydrogen-bond acceptors (Lipinski definition) is 7. The zero-order valence-electron chi connectivity index (χ0n) is 19.2. The second-order valence-corrected chi connectivity index (χ2v) is 8.67. The largest absolute Gasteiger partial charge is 0.508 e. The van der Waals surface area contributed by atoms with Crippen LogP contribution in [-0.4, -0.2) is 41.5 Å². The van der Waals surface area contributed by atoms with E-state index in [-0.39, 0.29) is 35.7 Å². The molecule has 2 aromatic carbocycles. The standard InChI is InChI=1S/C26H25N5O4/c1-2-3-4-21-29-24-25(30(21)14-16-12-17(32)6-8-20(16)33)18-7-5-15(11-19(18)28-26(24)27)13-31-22(34)9-10-23(31)35/h5-12,32-33H,2-4,13-14H2,1H3,(H2,27,28). The number of nitrogen functional groups attached to an aromatic ring is 1. The van der Waals surface area contributed by atoms with Crippen molar-refractivity contribution in [3.63, 3.8) is 0 Å². The molecule has 0 saturated carbocycles. The number of aromatic hydroxyl groups is 2. The van der Waals surface area contributed by atoms with Crippen molar-refractivity contribution in [3.05, 3.63) is 65.5 Å². The maximum Gasteiger partial charge on any atom is 0.253 e. The molecule has 1 aliphatic heterocycles. The number of carbonyl (C=O) groups excluding carboxylic acids is 2. The first-order chi connectivity index (χ1) is 16.9. The monoisotopic (exact) mass is 471 g/mol. The van der Waals surface area contributed by atoms with Crippen molar-refractivity contribution in [2.75, 3.05) is 5.73 Å². The van der Waals surface area contributed by atoms with Gasteiger partial charge in [-0.15, -0.1) is 0 Å². The van der Waals surface area contributed by atoms with E-state index in [1.807, 2.05) is 22.8 Å². The van der Waals surface area contributed by atoms with Gasteiger partial charge in [-0.25, -0.2) is 9.97 Å². The number of nitrogens with zero attached hydrogens (tertiary/aromatic N) is 4. The molecule has 0 unspecified atom stereocenters. The van der Waals surface area contributed by atoms with Gasteiger partial charge >= 0.3 is 0 Å². The summed E-state index contributed by atoms with van der Waals surface area (Å²) in [5.74, 6) is 0.539. The lowest BCUT2D eigenvalue weighted by Gasteiger charge is -2.15. The highest BCUT2D eigenvalue weighted by Crippen LogP contribution is 2.32. The van der Waals surface area contributed by atoms with Crippen LogP contribution in [0.25, 0.3) is 21.9 Å². The van der Waals surface area contributed by atoms with E-state index in [1.165, 1.54) is 35.3 Å². The molecule has 35 heavy (non-hydrogen) atoms. The van der Waals surface area contributed by atoms with Crippen molar-refractivity contribution in [1.29, 1.82) is 0 Å². The van der Waals surface area contributed by atoms with Crippen molar-refractivity contribution in [2.24, 2.45) is 0 Å². The Balaban J connectivity index is 1.65. The normalized spacial score (nSPS) is 13.6. The van der Waals surface area contributed by atoms with Gasteiger partial charge in [-0.1, -0.05) is 25.5 Å². The van der Waals surface area contributed by atoms with Crippen molar-refractivity contribution < 1.29 is 19.8 Å². The molecule has 4 aromatic rings. The van der Waals surface area contributed by atoms with Gasteiger partial charge in [-0.3, -0.25) is 14.5 Å². The van der Waals surface area contributed by atoms with Gasteiger partial charge in [0, 0.05) is 29.5 Å². The Bertz CT molecular complexity index is 1500. The Morgan fingerprint density at radius 3 is 2.49 bits per heavy atom. The molecule has 0 aliphatic carbocycles. The third kappa shape index (κ3) is 4.05. The number of nitrogens with two attached hydrogens (primary N) is 1. The number of benzene rings is 2. The Morgan fingerprint density at radius 2 is 1.74 bits per heavy atom. The minimum Gasteiger partial charge on any atom is -0.508 e. The van der Waals surface area contributed by atoms with Crippen molar-refractivity contribution in [3.8, 4) is 11.5 Å². The summed E-state index contributed by atoms with van der Waals surface area (Å²) >= 11 is 0. The van der Waals surface area contributed by atoms with Crippen LogP contribution in [0.3, 0.4) is 0 Å². The van der Waals surface area contributed by atoms with Crippen molar-refractivity contribution in [2.45, 2.75) is 39.3 Å². The lowest BCUT2D eigenvalue weighted by molar-refractivity contribution is -0.137. The fourth-order valence-electron chi connectivity index (χ4n) is 4.44. The number of amides is 2. The molecule has 0 bridgehead atoms. The summed E-state index contributed by atoms with van der Waals surface area (Å²) in [6.45, 7) is 2.53. The zero-order valence-corrected chi connectivity index (χ0v) is 19.2. The molecule has 5 rings (SSSR count). The van der Waals surface area contributed by atoms with E-state index in [0.29, 0.717) is 23.1 Å². The Kier molecular flexibility index (Phi) is 5.60. The number of imidazole rings is 1. The summed E-state index contributed by atoms with van der Waals surface area (Å²) in [4.78, 5) is 34.5. The molecular formula is C26H25N5O4. The number of pyridine rings is 1. The third-order valence-electron chi connectivity index (χ3n) is 6.23. The van der Waals surface area contributed by atoms with Gasteiger partial charge in [0.05, 0.1) is 24.1 Å². The second-order valence-electron chi connectivity index (χ2n) is 8.67. The van der Waals surface area contributed by atoms with E-state index in [2.05, 4.69) is 11.9 Å². The molecule has 9 nitrogen and oxygen atoms in total. The number of aryl methyl sites for hydroxylation is 1. The number of unbranched alkanes of at least 4 members (excludes halogenated alkanes) is 1. The average molecular weight is 472 g/mol. The number of aromatic nitrogens is 3. The average Bonchev–Trinajstić information content (AvgIpc) is 3.35. The zero-order chi connectivity index (χ0) is 24.7. The van der Waals surface area contributed by atoms with Crippen LogP contribution in [0, 0.1) is 0 Å². The van der Waals surface area contributed by atoms with E-state index >= 15 is 0 Å². The van der Waals surface area contributed by atoms with Gasteiger partial charge in [0.25, 0.3) is 11.8 Å². The molecule has 2 aromatic heterocycles. The summed E-state index contributed by atoms with van der Waals surface area (Å²) in [7, 11) is 0. The topological polar surface area (TPSA) is 135 Å². The Labute approximate surface area is 201 Å². The quantitative estimate of drug-likeness (QED) is 0.278. The number of rotatable bonds is 7. The maximum absolute atomic E-state index is 12.0. The number of phenols is 2. The number of carbonyl (C=O) groups is 2. The van der Waals surface area contributed by atoms with E-state index in [1.54, 1.807) is 0 Å². The van der Waals surface area contributed by atoms with Crippen molar-refractivity contribution in [1.82, 2.24) is 19.4 Å². The van der Waals surface area contributed by atoms with Gasteiger partial charge in [-0.2, -0.15) is 0 Å². The van der Waals surface area contributed by atoms with Crippen LogP contribution in [0.15, 0.2) is 48.6 Å². The van der Waals surface area contributed by atoms with E-state index in [4.69, 9.17) is 10.7 Å². The highest BCUT2D eigenvalue weighted by atomic mass is 16.3. The van der Waals surface area contributed by atoms with Crippen LogP contribution in [-0.2, 0) is 29.1 Å². The van der Waals surface area contributed by atoms with Gasteiger partial charge < -0.3 is 20.5 Å². The SMILES string of the molecule is CCCCc1nc2c(N)nc3cc(CN4C(=O)C=CC4=O)ccc3c2n1Cc1cc(O)ccc1O. The molecule has 2 amide bonds. The molecule has 9 heteroatoms. The first-order valence-electron chi connectivity index (χ1n) is 11.5. The smallest absolute Gasteiger partial charge is 0.253 e. The van der Waals surface area contributed by atoms with Crippen LogP contribution in [0.5, 0.6) is 11.5 Å². The lowest BCUT2D eigenvalue weighted by Crippen LogP contribution is -2.29. The molecule has 0 fully saturated rings. The number of hydrogen-bond donors (Lipinski definition) is 3. The van der Waals surface area contributed by atoms with Gasteiger partial charge in [0.2, 0.25) is 0 Å². The highest BCUT2D eigenvalue weighted by Gasteiger charge is 2.24. The second kappa shape index (κ2) is 8.75. The van der Waals surface area contributed by atoms with E-state index in [9.17, 15) is 19.8 Å². The first-order valence-corrected chi connectivity index (χ1v) is 11.5.